The fraction of sp³-hybridized carbons (Fsp3) is 0.118. The first-order chi connectivity index (χ1) is 10.0. The second kappa shape index (κ2) is 5.37. The van der Waals surface area contributed by atoms with E-state index in [4.69, 9.17) is 5.73 Å². The maximum Gasteiger partial charge on any atom is 0.116 e. The lowest BCUT2D eigenvalue weighted by Gasteiger charge is -2.06. The summed E-state index contributed by atoms with van der Waals surface area (Å²) in [6, 6.07) is 14.3. The van der Waals surface area contributed by atoms with Gasteiger partial charge in [-0.25, -0.2) is 4.68 Å². The molecule has 2 N–H and O–H groups in total. The molecule has 1 aromatic heterocycles. The third-order valence-corrected chi connectivity index (χ3v) is 3.95. The Kier molecular flexibility index (Phi) is 3.55. The quantitative estimate of drug-likeness (QED) is 0.745. The summed E-state index contributed by atoms with van der Waals surface area (Å²) in [4.78, 5) is 0. The number of benzene rings is 2. The molecule has 4 heteroatoms. The summed E-state index contributed by atoms with van der Waals surface area (Å²) in [6.45, 7) is 4.15. The number of anilines is 1. The Morgan fingerprint density at radius 3 is 2.67 bits per heavy atom. The van der Waals surface area contributed by atoms with Crippen molar-refractivity contribution in [3.8, 4) is 16.9 Å². The monoisotopic (exact) mass is 341 g/mol. The van der Waals surface area contributed by atoms with Gasteiger partial charge in [-0.15, -0.1) is 0 Å². The predicted octanol–water partition coefficient (Wildman–Crippen LogP) is 4.50. The minimum atomic E-state index is 0.675. The van der Waals surface area contributed by atoms with Crippen LogP contribution in [0, 0.1) is 13.8 Å². The first-order valence-corrected chi connectivity index (χ1v) is 7.52. The largest absolute Gasteiger partial charge is 0.396 e. The molecule has 0 fully saturated rings. The van der Waals surface area contributed by atoms with Gasteiger partial charge in [-0.3, -0.25) is 0 Å². The second-order valence-electron chi connectivity index (χ2n) is 5.18. The van der Waals surface area contributed by atoms with E-state index in [1.165, 1.54) is 11.1 Å². The number of hydrogen-bond donors (Lipinski definition) is 1. The summed E-state index contributed by atoms with van der Waals surface area (Å²) >= 11 is 3.48. The summed E-state index contributed by atoms with van der Waals surface area (Å²) in [7, 11) is 0. The third kappa shape index (κ3) is 2.72. The van der Waals surface area contributed by atoms with Gasteiger partial charge in [-0.1, -0.05) is 40.2 Å². The minimum absolute atomic E-state index is 0.675. The van der Waals surface area contributed by atoms with E-state index in [2.05, 4.69) is 53.1 Å². The lowest BCUT2D eigenvalue weighted by atomic mass is 10.1. The molecule has 0 saturated heterocycles. The summed E-state index contributed by atoms with van der Waals surface area (Å²) < 4.78 is 2.87. The number of aromatic nitrogens is 2. The average molecular weight is 342 g/mol. The number of aryl methyl sites for hydroxylation is 2. The highest BCUT2D eigenvalue weighted by Gasteiger charge is 2.11. The van der Waals surface area contributed by atoms with E-state index >= 15 is 0 Å². The van der Waals surface area contributed by atoms with Crippen molar-refractivity contribution < 1.29 is 0 Å². The highest BCUT2D eigenvalue weighted by molar-refractivity contribution is 9.10. The molecule has 1 heterocycles. The Balaban J connectivity index is 2.12. The molecule has 106 valence electrons. The number of nitrogens with two attached hydrogens (primary N) is 1. The van der Waals surface area contributed by atoms with E-state index in [1.807, 2.05) is 35.1 Å². The smallest absolute Gasteiger partial charge is 0.116 e. The molecule has 0 unspecified atom stereocenters. The molecule has 0 bridgehead atoms. The van der Waals surface area contributed by atoms with Gasteiger partial charge >= 0.3 is 0 Å². The van der Waals surface area contributed by atoms with Gasteiger partial charge in [0.25, 0.3) is 0 Å². The van der Waals surface area contributed by atoms with Crippen LogP contribution < -0.4 is 5.73 Å². The van der Waals surface area contributed by atoms with Crippen molar-refractivity contribution in [1.82, 2.24) is 9.78 Å². The number of hydrogen-bond acceptors (Lipinski definition) is 2. The van der Waals surface area contributed by atoms with Crippen LogP contribution in [0.15, 0.2) is 53.1 Å². The van der Waals surface area contributed by atoms with Gasteiger partial charge in [-0.2, -0.15) is 5.10 Å². The van der Waals surface area contributed by atoms with Crippen LogP contribution in [0.2, 0.25) is 0 Å². The van der Waals surface area contributed by atoms with Crippen molar-refractivity contribution >= 4 is 21.6 Å². The molecule has 3 aromatic rings. The topological polar surface area (TPSA) is 43.8 Å². The number of rotatable bonds is 2. The zero-order chi connectivity index (χ0) is 15.0. The van der Waals surface area contributed by atoms with E-state index in [0.29, 0.717) is 5.69 Å². The van der Waals surface area contributed by atoms with Gasteiger partial charge < -0.3 is 5.73 Å². The Bertz CT molecular complexity index is 806. The summed E-state index contributed by atoms with van der Waals surface area (Å²) in [5.74, 6) is 0. The SMILES string of the molecule is Cc1ccc(C)c(-n2cc(N)c(-c3cccc(Br)c3)n2)c1. The molecule has 0 radical (unpaired) electrons. The van der Waals surface area contributed by atoms with E-state index < -0.39 is 0 Å². The van der Waals surface area contributed by atoms with Crippen LogP contribution in [-0.2, 0) is 0 Å². The van der Waals surface area contributed by atoms with E-state index in [1.54, 1.807) is 0 Å². The fourth-order valence-electron chi connectivity index (χ4n) is 2.34. The molecule has 0 saturated carbocycles. The maximum absolute atomic E-state index is 6.15. The first-order valence-electron chi connectivity index (χ1n) is 6.73. The molecule has 0 amide bonds. The predicted molar refractivity (Wildman–Crippen MR) is 90.6 cm³/mol. The van der Waals surface area contributed by atoms with Gasteiger partial charge in [0, 0.05) is 10.0 Å². The van der Waals surface area contributed by atoms with Crippen LogP contribution >= 0.6 is 15.9 Å². The Hall–Kier alpha value is -2.07. The molecule has 2 aromatic carbocycles. The van der Waals surface area contributed by atoms with Crippen LogP contribution in [0.4, 0.5) is 5.69 Å². The maximum atomic E-state index is 6.15. The van der Waals surface area contributed by atoms with Crippen LogP contribution in [0.25, 0.3) is 16.9 Å². The third-order valence-electron chi connectivity index (χ3n) is 3.45. The molecule has 0 aliphatic heterocycles. The van der Waals surface area contributed by atoms with E-state index in [-0.39, 0.29) is 0 Å². The molecular weight excluding hydrogens is 326 g/mol. The molecule has 0 spiro atoms. The molecule has 21 heavy (non-hydrogen) atoms. The first kappa shape index (κ1) is 13.9. The average Bonchev–Trinajstić information content (AvgIpc) is 2.83. The zero-order valence-corrected chi connectivity index (χ0v) is 13.6. The van der Waals surface area contributed by atoms with Crippen LogP contribution in [0.1, 0.15) is 11.1 Å². The van der Waals surface area contributed by atoms with Crippen LogP contribution in [0.3, 0.4) is 0 Å². The normalized spacial score (nSPS) is 10.8. The lowest BCUT2D eigenvalue weighted by molar-refractivity contribution is 0.875. The summed E-state index contributed by atoms with van der Waals surface area (Å²) in [5, 5.41) is 4.66. The number of nitrogens with zero attached hydrogens (tertiary/aromatic N) is 2. The van der Waals surface area contributed by atoms with Crippen LogP contribution in [0.5, 0.6) is 0 Å². The number of nitrogen functional groups attached to an aromatic ring is 1. The van der Waals surface area contributed by atoms with Gasteiger partial charge in [0.1, 0.15) is 5.69 Å². The van der Waals surface area contributed by atoms with Gasteiger partial charge in [0.2, 0.25) is 0 Å². The van der Waals surface area contributed by atoms with E-state index in [9.17, 15) is 0 Å². The van der Waals surface area contributed by atoms with Gasteiger partial charge in [0.15, 0.2) is 0 Å². The molecule has 3 rings (SSSR count). The standard InChI is InChI=1S/C17H16BrN3/c1-11-6-7-12(2)16(8-11)21-10-15(19)17(20-21)13-4-3-5-14(18)9-13/h3-10H,19H2,1-2H3. The van der Waals surface area contributed by atoms with Crippen LogP contribution in [-0.4, -0.2) is 9.78 Å². The van der Waals surface area contributed by atoms with Crippen molar-refractivity contribution in [2.75, 3.05) is 5.73 Å². The molecule has 0 aliphatic carbocycles. The van der Waals surface area contributed by atoms with Gasteiger partial charge in [0.05, 0.1) is 17.6 Å². The summed E-state index contributed by atoms with van der Waals surface area (Å²) in [6.07, 6.45) is 1.87. The zero-order valence-electron chi connectivity index (χ0n) is 12.0. The fourth-order valence-corrected chi connectivity index (χ4v) is 2.74. The van der Waals surface area contributed by atoms with Crippen molar-refractivity contribution in [1.29, 1.82) is 0 Å². The lowest BCUT2D eigenvalue weighted by Crippen LogP contribution is -1.98. The number of halogens is 1. The Morgan fingerprint density at radius 1 is 1.10 bits per heavy atom. The minimum Gasteiger partial charge on any atom is -0.396 e. The van der Waals surface area contributed by atoms with Gasteiger partial charge in [-0.05, 0) is 43.2 Å². The Labute approximate surface area is 132 Å². The van der Waals surface area contributed by atoms with Crippen molar-refractivity contribution in [3.63, 3.8) is 0 Å². The van der Waals surface area contributed by atoms with E-state index in [0.717, 1.165) is 21.4 Å². The summed E-state index contributed by atoms with van der Waals surface area (Å²) in [5.41, 5.74) is 12.1. The van der Waals surface area contributed by atoms with Crippen molar-refractivity contribution in [3.05, 3.63) is 64.3 Å². The molecule has 3 nitrogen and oxygen atoms in total. The molecular formula is C17H16BrN3. The molecule has 0 atom stereocenters. The highest BCUT2D eigenvalue weighted by atomic mass is 79.9. The van der Waals surface area contributed by atoms with Crippen molar-refractivity contribution in [2.45, 2.75) is 13.8 Å². The van der Waals surface area contributed by atoms with Crippen molar-refractivity contribution in [2.24, 2.45) is 0 Å². The molecule has 0 aliphatic rings. The highest BCUT2D eigenvalue weighted by Crippen LogP contribution is 2.28. The second-order valence-corrected chi connectivity index (χ2v) is 6.09. The Morgan fingerprint density at radius 2 is 1.90 bits per heavy atom.